The van der Waals surface area contributed by atoms with Crippen molar-refractivity contribution in [2.24, 2.45) is 0 Å². The number of hydrogen-bond donors (Lipinski definition) is 0. The van der Waals surface area contributed by atoms with E-state index < -0.39 is 5.82 Å². The van der Waals surface area contributed by atoms with Crippen molar-refractivity contribution < 1.29 is 13.9 Å². The summed E-state index contributed by atoms with van der Waals surface area (Å²) < 4.78 is 26.8. The SMILES string of the molecule is Fc1cc(-c2ccc3c(c2)OCO3)ccc1-n1cc(-c2ccccn2)nn1. The number of halogens is 1. The van der Waals surface area contributed by atoms with Crippen LogP contribution in [-0.2, 0) is 0 Å². The maximum Gasteiger partial charge on any atom is 0.231 e. The Labute approximate surface area is 153 Å². The lowest BCUT2D eigenvalue weighted by atomic mass is 10.0. The summed E-state index contributed by atoms with van der Waals surface area (Å²) in [5.74, 6) is 0.955. The summed E-state index contributed by atoms with van der Waals surface area (Å²) in [6.45, 7) is 0.205. The first-order valence-electron chi connectivity index (χ1n) is 8.32. The van der Waals surface area contributed by atoms with Gasteiger partial charge in [0.15, 0.2) is 11.5 Å². The summed E-state index contributed by atoms with van der Waals surface area (Å²) in [4.78, 5) is 4.23. The third-order valence-corrected chi connectivity index (χ3v) is 4.32. The van der Waals surface area contributed by atoms with E-state index in [9.17, 15) is 4.39 Å². The highest BCUT2D eigenvalue weighted by Gasteiger charge is 2.15. The quantitative estimate of drug-likeness (QED) is 0.555. The number of nitrogens with zero attached hydrogens (tertiary/aromatic N) is 4. The number of fused-ring (bicyclic) bond motifs is 1. The second-order valence-electron chi connectivity index (χ2n) is 6.00. The van der Waals surface area contributed by atoms with E-state index in [1.165, 1.54) is 10.7 Å². The molecule has 3 heterocycles. The number of rotatable bonds is 3. The van der Waals surface area contributed by atoms with Crippen molar-refractivity contribution in [1.82, 2.24) is 20.0 Å². The molecule has 0 spiro atoms. The van der Waals surface area contributed by atoms with Crippen LogP contribution in [0.5, 0.6) is 11.5 Å². The van der Waals surface area contributed by atoms with Crippen LogP contribution < -0.4 is 9.47 Å². The van der Waals surface area contributed by atoms with Crippen LogP contribution in [0.3, 0.4) is 0 Å². The van der Waals surface area contributed by atoms with Gasteiger partial charge in [0, 0.05) is 6.20 Å². The third-order valence-electron chi connectivity index (χ3n) is 4.32. The van der Waals surface area contributed by atoms with Crippen LogP contribution >= 0.6 is 0 Å². The largest absolute Gasteiger partial charge is 0.454 e. The predicted octanol–water partition coefficient (Wildman–Crippen LogP) is 3.86. The summed E-state index contributed by atoms with van der Waals surface area (Å²) in [5, 5.41) is 8.10. The van der Waals surface area contributed by atoms with Gasteiger partial charge in [-0.1, -0.05) is 23.4 Å². The van der Waals surface area contributed by atoms with Gasteiger partial charge < -0.3 is 9.47 Å². The molecule has 1 aliphatic rings. The van der Waals surface area contributed by atoms with Gasteiger partial charge >= 0.3 is 0 Å². The zero-order valence-electron chi connectivity index (χ0n) is 14.0. The Morgan fingerprint density at radius 3 is 2.59 bits per heavy atom. The van der Waals surface area contributed by atoms with Crippen molar-refractivity contribution in [1.29, 1.82) is 0 Å². The molecule has 0 bridgehead atoms. The van der Waals surface area contributed by atoms with E-state index in [4.69, 9.17) is 9.47 Å². The molecule has 6 nitrogen and oxygen atoms in total. The monoisotopic (exact) mass is 360 g/mol. The number of aromatic nitrogens is 4. The van der Waals surface area contributed by atoms with Crippen LogP contribution in [0.25, 0.3) is 28.2 Å². The topological polar surface area (TPSA) is 62.1 Å². The molecule has 2 aromatic carbocycles. The van der Waals surface area contributed by atoms with Crippen molar-refractivity contribution in [2.45, 2.75) is 0 Å². The van der Waals surface area contributed by atoms with Gasteiger partial charge in [0.25, 0.3) is 0 Å². The highest BCUT2D eigenvalue weighted by Crippen LogP contribution is 2.36. The maximum atomic E-state index is 14.7. The zero-order valence-corrected chi connectivity index (χ0v) is 14.0. The Kier molecular flexibility index (Phi) is 3.57. The van der Waals surface area contributed by atoms with E-state index in [0.717, 1.165) is 11.1 Å². The maximum absolute atomic E-state index is 14.7. The molecule has 1 aliphatic heterocycles. The molecule has 0 unspecified atom stereocenters. The van der Waals surface area contributed by atoms with Crippen LogP contribution in [0.15, 0.2) is 67.0 Å². The highest BCUT2D eigenvalue weighted by molar-refractivity contribution is 5.68. The Morgan fingerprint density at radius 1 is 0.889 bits per heavy atom. The standard InChI is InChI=1S/C20H13FN4O2/c21-15-9-13(14-5-7-19-20(10-14)27-12-26-19)4-6-18(15)25-11-17(23-24-25)16-3-1-2-8-22-16/h1-11H,12H2. The minimum absolute atomic E-state index is 0.205. The van der Waals surface area contributed by atoms with Crippen LogP contribution in [0.4, 0.5) is 4.39 Å². The lowest BCUT2D eigenvalue weighted by molar-refractivity contribution is 0.174. The summed E-state index contributed by atoms with van der Waals surface area (Å²) in [6.07, 6.45) is 3.33. The van der Waals surface area contributed by atoms with Gasteiger partial charge in [-0.25, -0.2) is 9.07 Å². The molecule has 0 fully saturated rings. The van der Waals surface area contributed by atoms with E-state index >= 15 is 0 Å². The third kappa shape index (κ3) is 2.79. The van der Waals surface area contributed by atoms with Gasteiger partial charge in [0.2, 0.25) is 6.79 Å². The summed E-state index contributed by atoms with van der Waals surface area (Å²) in [7, 11) is 0. The first kappa shape index (κ1) is 15.5. The molecule has 0 saturated heterocycles. The lowest BCUT2D eigenvalue weighted by Crippen LogP contribution is -1.98. The molecule has 0 atom stereocenters. The van der Waals surface area contributed by atoms with Gasteiger partial charge in [-0.2, -0.15) is 0 Å². The van der Waals surface area contributed by atoms with E-state index in [1.54, 1.807) is 18.5 Å². The van der Waals surface area contributed by atoms with Gasteiger partial charge in [-0.15, -0.1) is 5.10 Å². The molecule has 0 saturated carbocycles. The molecular weight excluding hydrogens is 347 g/mol. The van der Waals surface area contributed by atoms with Gasteiger partial charge in [0.05, 0.1) is 11.9 Å². The number of pyridine rings is 1. The second kappa shape index (κ2) is 6.21. The number of hydrogen-bond acceptors (Lipinski definition) is 5. The Hall–Kier alpha value is -3.74. The molecule has 27 heavy (non-hydrogen) atoms. The average Bonchev–Trinajstić information content (AvgIpc) is 3.37. The molecule has 0 amide bonds. The molecule has 5 rings (SSSR count). The zero-order chi connectivity index (χ0) is 18.2. The molecule has 7 heteroatoms. The van der Waals surface area contributed by atoms with Crippen LogP contribution in [0.1, 0.15) is 0 Å². The summed E-state index contributed by atoms with van der Waals surface area (Å²) in [6, 6.07) is 16.0. The van der Waals surface area contributed by atoms with Crippen LogP contribution in [-0.4, -0.2) is 26.8 Å². The van der Waals surface area contributed by atoms with Crippen molar-refractivity contribution >= 4 is 0 Å². The van der Waals surface area contributed by atoms with E-state index in [2.05, 4.69) is 15.3 Å². The Bertz CT molecular complexity index is 1130. The number of benzene rings is 2. The molecule has 0 radical (unpaired) electrons. The minimum Gasteiger partial charge on any atom is -0.454 e. The van der Waals surface area contributed by atoms with Crippen molar-refractivity contribution in [2.75, 3.05) is 6.79 Å². The Balaban J connectivity index is 1.48. The Morgan fingerprint density at radius 2 is 1.74 bits per heavy atom. The van der Waals surface area contributed by atoms with E-state index in [0.29, 0.717) is 28.6 Å². The smallest absolute Gasteiger partial charge is 0.231 e. The molecule has 0 aliphatic carbocycles. The molecule has 4 aromatic rings. The van der Waals surface area contributed by atoms with E-state index in [-0.39, 0.29) is 6.79 Å². The fourth-order valence-electron chi connectivity index (χ4n) is 2.96. The molecule has 0 N–H and O–H groups in total. The van der Waals surface area contributed by atoms with Crippen molar-refractivity contribution in [3.8, 4) is 39.7 Å². The second-order valence-corrected chi connectivity index (χ2v) is 6.00. The first-order chi connectivity index (χ1) is 13.3. The average molecular weight is 360 g/mol. The fraction of sp³-hybridized carbons (Fsp3) is 0.0500. The van der Waals surface area contributed by atoms with Crippen LogP contribution in [0, 0.1) is 5.82 Å². The highest BCUT2D eigenvalue weighted by atomic mass is 19.1. The van der Waals surface area contributed by atoms with Crippen molar-refractivity contribution in [3.63, 3.8) is 0 Å². The lowest BCUT2D eigenvalue weighted by Gasteiger charge is -2.07. The molecule has 132 valence electrons. The first-order valence-corrected chi connectivity index (χ1v) is 8.32. The van der Waals surface area contributed by atoms with Crippen molar-refractivity contribution in [3.05, 3.63) is 72.8 Å². The fourth-order valence-corrected chi connectivity index (χ4v) is 2.96. The van der Waals surface area contributed by atoms with E-state index in [1.807, 2.05) is 42.5 Å². The minimum atomic E-state index is -0.400. The summed E-state index contributed by atoms with van der Waals surface area (Å²) >= 11 is 0. The normalized spacial score (nSPS) is 12.3. The van der Waals surface area contributed by atoms with Gasteiger partial charge in [-0.05, 0) is 47.5 Å². The molecular formula is C20H13FN4O2. The summed E-state index contributed by atoms with van der Waals surface area (Å²) in [5.41, 5.74) is 3.15. The molecule has 2 aromatic heterocycles. The number of ether oxygens (including phenoxy) is 2. The predicted molar refractivity (Wildman–Crippen MR) is 96.1 cm³/mol. The van der Waals surface area contributed by atoms with Gasteiger partial charge in [0.1, 0.15) is 17.2 Å². The van der Waals surface area contributed by atoms with Crippen LogP contribution in [0.2, 0.25) is 0 Å². The van der Waals surface area contributed by atoms with Gasteiger partial charge in [-0.3, -0.25) is 4.98 Å².